The van der Waals surface area contributed by atoms with E-state index in [0.717, 1.165) is 56.3 Å². The topological polar surface area (TPSA) is 41.7 Å². The summed E-state index contributed by atoms with van der Waals surface area (Å²) in [6.45, 7) is 6.06. The molecule has 5 heteroatoms. The summed E-state index contributed by atoms with van der Waals surface area (Å²) in [4.78, 5) is 9.58. The summed E-state index contributed by atoms with van der Waals surface area (Å²) in [7, 11) is 1.66. The summed E-state index contributed by atoms with van der Waals surface area (Å²) in [5.74, 6) is 1.49. The Bertz CT molecular complexity index is 911. The van der Waals surface area contributed by atoms with Gasteiger partial charge in [-0.1, -0.05) is 42.5 Å². The van der Waals surface area contributed by atoms with Crippen molar-refractivity contribution in [3.63, 3.8) is 0 Å². The van der Waals surface area contributed by atoms with E-state index in [4.69, 9.17) is 9.15 Å². The van der Waals surface area contributed by atoms with Gasteiger partial charge in [-0.3, -0.25) is 9.80 Å². The molecule has 1 saturated heterocycles. The van der Waals surface area contributed by atoms with E-state index in [1.807, 2.05) is 30.3 Å². The van der Waals surface area contributed by atoms with Crippen LogP contribution >= 0.6 is 0 Å². The molecule has 2 aromatic carbocycles. The lowest BCUT2D eigenvalue weighted by Gasteiger charge is -2.33. The van der Waals surface area contributed by atoms with Gasteiger partial charge >= 0.3 is 0 Å². The number of benzene rings is 2. The van der Waals surface area contributed by atoms with E-state index in [-0.39, 0.29) is 0 Å². The predicted octanol–water partition coefficient (Wildman–Crippen LogP) is 4.18. The number of piperazine rings is 1. The van der Waals surface area contributed by atoms with Crippen LogP contribution in [0.25, 0.3) is 17.5 Å². The van der Waals surface area contributed by atoms with Gasteiger partial charge in [0.2, 0.25) is 5.89 Å². The first-order valence-corrected chi connectivity index (χ1v) is 10.1. The quantitative estimate of drug-likeness (QED) is 0.606. The van der Waals surface area contributed by atoms with Crippen molar-refractivity contribution in [2.75, 3.05) is 39.8 Å². The number of hydrogen-bond donors (Lipinski definition) is 0. The SMILES string of the molecule is COc1ccc(-c2nc(CN3CCN(C/C=C/c4ccccc4)CC3)co2)cc1. The highest BCUT2D eigenvalue weighted by molar-refractivity contribution is 5.54. The molecule has 0 atom stereocenters. The van der Waals surface area contributed by atoms with Gasteiger partial charge in [0.15, 0.2) is 0 Å². The molecule has 1 aliphatic heterocycles. The lowest BCUT2D eigenvalue weighted by Crippen LogP contribution is -2.45. The molecule has 5 nitrogen and oxygen atoms in total. The number of hydrogen-bond acceptors (Lipinski definition) is 5. The second kappa shape index (κ2) is 9.54. The standard InChI is InChI=1S/C24H27N3O2/c1-28-23-11-9-21(10-12-23)24-25-22(19-29-24)18-27-16-14-26(15-17-27)13-5-8-20-6-3-2-4-7-20/h2-12,19H,13-18H2,1H3/b8-5+. The zero-order valence-corrected chi connectivity index (χ0v) is 16.8. The number of ether oxygens (including phenoxy) is 1. The van der Waals surface area contributed by atoms with Gasteiger partial charge in [0, 0.05) is 44.8 Å². The first-order valence-electron chi connectivity index (χ1n) is 10.1. The highest BCUT2D eigenvalue weighted by Gasteiger charge is 2.17. The van der Waals surface area contributed by atoms with Crippen molar-refractivity contribution in [3.8, 4) is 17.2 Å². The van der Waals surface area contributed by atoms with Gasteiger partial charge in [-0.2, -0.15) is 0 Å². The minimum atomic E-state index is 0.660. The van der Waals surface area contributed by atoms with Crippen LogP contribution < -0.4 is 4.74 Å². The van der Waals surface area contributed by atoms with Crippen LogP contribution in [0.2, 0.25) is 0 Å². The van der Waals surface area contributed by atoms with E-state index in [2.05, 4.69) is 51.2 Å². The first kappa shape index (κ1) is 19.4. The van der Waals surface area contributed by atoms with Crippen molar-refractivity contribution in [3.05, 3.63) is 78.2 Å². The van der Waals surface area contributed by atoms with Gasteiger partial charge in [-0.15, -0.1) is 0 Å². The molecule has 29 heavy (non-hydrogen) atoms. The maximum Gasteiger partial charge on any atom is 0.226 e. The van der Waals surface area contributed by atoms with E-state index in [0.29, 0.717) is 5.89 Å². The summed E-state index contributed by atoms with van der Waals surface area (Å²) >= 11 is 0. The molecule has 0 aliphatic carbocycles. The highest BCUT2D eigenvalue weighted by atomic mass is 16.5. The van der Waals surface area contributed by atoms with Crippen LogP contribution in [0, 0.1) is 0 Å². The maximum atomic E-state index is 5.68. The Morgan fingerprint density at radius 1 is 0.966 bits per heavy atom. The van der Waals surface area contributed by atoms with Gasteiger partial charge in [-0.25, -0.2) is 4.98 Å². The highest BCUT2D eigenvalue weighted by Crippen LogP contribution is 2.22. The van der Waals surface area contributed by atoms with Gasteiger partial charge in [0.25, 0.3) is 0 Å². The van der Waals surface area contributed by atoms with Gasteiger partial charge in [0.05, 0.1) is 12.8 Å². The summed E-state index contributed by atoms with van der Waals surface area (Å²) < 4.78 is 10.9. The van der Waals surface area contributed by atoms with Gasteiger partial charge in [-0.05, 0) is 29.8 Å². The van der Waals surface area contributed by atoms with Crippen molar-refractivity contribution < 1.29 is 9.15 Å². The van der Waals surface area contributed by atoms with Crippen LogP contribution in [0.1, 0.15) is 11.3 Å². The molecule has 1 aromatic heterocycles. The molecular weight excluding hydrogens is 362 g/mol. The Morgan fingerprint density at radius 2 is 1.69 bits per heavy atom. The minimum absolute atomic E-state index is 0.660. The van der Waals surface area contributed by atoms with Crippen molar-refractivity contribution in [2.24, 2.45) is 0 Å². The molecule has 0 bridgehead atoms. The fraction of sp³-hybridized carbons (Fsp3) is 0.292. The molecular formula is C24H27N3O2. The number of nitrogens with zero attached hydrogens (tertiary/aromatic N) is 3. The Hall–Kier alpha value is -2.89. The van der Waals surface area contributed by atoms with Crippen LogP contribution in [0.15, 0.2) is 71.4 Å². The smallest absolute Gasteiger partial charge is 0.226 e. The lowest BCUT2D eigenvalue weighted by atomic mass is 10.2. The van der Waals surface area contributed by atoms with Crippen LogP contribution in [-0.2, 0) is 6.54 Å². The van der Waals surface area contributed by atoms with E-state index < -0.39 is 0 Å². The number of methoxy groups -OCH3 is 1. The third kappa shape index (κ3) is 5.34. The van der Waals surface area contributed by atoms with Crippen LogP contribution in [-0.4, -0.2) is 54.6 Å². The molecule has 0 saturated carbocycles. The molecule has 0 radical (unpaired) electrons. The van der Waals surface area contributed by atoms with Gasteiger partial charge < -0.3 is 9.15 Å². The van der Waals surface area contributed by atoms with E-state index in [1.165, 1.54) is 5.56 Å². The Kier molecular flexibility index (Phi) is 6.39. The van der Waals surface area contributed by atoms with E-state index in [1.54, 1.807) is 13.4 Å². The van der Waals surface area contributed by atoms with E-state index >= 15 is 0 Å². The average Bonchev–Trinajstić information content (AvgIpc) is 3.24. The van der Waals surface area contributed by atoms with Gasteiger partial charge in [0.1, 0.15) is 12.0 Å². The van der Waals surface area contributed by atoms with Crippen LogP contribution in [0.3, 0.4) is 0 Å². The second-order valence-electron chi connectivity index (χ2n) is 7.26. The third-order valence-electron chi connectivity index (χ3n) is 5.21. The number of rotatable bonds is 7. The molecule has 2 heterocycles. The Morgan fingerprint density at radius 3 is 2.41 bits per heavy atom. The molecule has 4 rings (SSSR count). The zero-order chi connectivity index (χ0) is 19.9. The normalized spacial score (nSPS) is 15.8. The zero-order valence-electron chi connectivity index (χ0n) is 16.8. The lowest BCUT2D eigenvalue weighted by molar-refractivity contribution is 0.136. The molecule has 1 fully saturated rings. The fourth-order valence-corrected chi connectivity index (χ4v) is 3.51. The van der Waals surface area contributed by atoms with E-state index in [9.17, 15) is 0 Å². The Balaban J connectivity index is 1.24. The summed E-state index contributed by atoms with van der Waals surface area (Å²) in [6.07, 6.45) is 6.22. The largest absolute Gasteiger partial charge is 0.497 e. The Labute approximate surface area is 172 Å². The van der Waals surface area contributed by atoms with Crippen molar-refractivity contribution in [1.29, 1.82) is 0 Å². The third-order valence-corrected chi connectivity index (χ3v) is 5.21. The fourth-order valence-electron chi connectivity index (χ4n) is 3.51. The molecule has 0 amide bonds. The minimum Gasteiger partial charge on any atom is -0.497 e. The maximum absolute atomic E-state index is 5.68. The number of aromatic nitrogens is 1. The molecule has 3 aromatic rings. The van der Waals surface area contributed by atoms with Crippen molar-refractivity contribution in [2.45, 2.75) is 6.54 Å². The second-order valence-corrected chi connectivity index (χ2v) is 7.26. The molecule has 0 spiro atoms. The van der Waals surface area contributed by atoms with Crippen LogP contribution in [0.5, 0.6) is 5.75 Å². The summed E-state index contributed by atoms with van der Waals surface area (Å²) in [5.41, 5.74) is 3.20. The van der Waals surface area contributed by atoms with Crippen molar-refractivity contribution in [1.82, 2.24) is 14.8 Å². The molecule has 0 N–H and O–H groups in total. The number of oxazole rings is 1. The monoisotopic (exact) mass is 389 g/mol. The van der Waals surface area contributed by atoms with Crippen LogP contribution in [0.4, 0.5) is 0 Å². The summed E-state index contributed by atoms with van der Waals surface area (Å²) in [5, 5.41) is 0. The summed E-state index contributed by atoms with van der Waals surface area (Å²) in [6, 6.07) is 18.2. The van der Waals surface area contributed by atoms with Crippen molar-refractivity contribution >= 4 is 6.08 Å². The average molecular weight is 389 g/mol. The molecule has 1 aliphatic rings. The predicted molar refractivity (Wildman–Crippen MR) is 116 cm³/mol. The first-order chi connectivity index (χ1) is 14.3. The molecule has 150 valence electrons. The molecule has 0 unspecified atom stereocenters.